The van der Waals surface area contributed by atoms with Crippen LogP contribution in [0.3, 0.4) is 0 Å². The number of amides is 3. The van der Waals surface area contributed by atoms with Crippen LogP contribution in [0.15, 0.2) is 48.5 Å². The second-order valence-electron chi connectivity index (χ2n) is 6.35. The molecule has 0 saturated carbocycles. The van der Waals surface area contributed by atoms with Crippen LogP contribution in [0.5, 0.6) is 0 Å². The molecule has 0 radical (unpaired) electrons. The average molecular weight is 367 g/mol. The van der Waals surface area contributed by atoms with E-state index in [1.807, 2.05) is 43.3 Å². The Morgan fingerprint density at radius 1 is 0.963 bits per heavy atom. The fourth-order valence-electron chi connectivity index (χ4n) is 2.65. The number of hydrogen-bond donors (Lipinski definition) is 3. The summed E-state index contributed by atoms with van der Waals surface area (Å²) in [4.78, 5) is 35.7. The van der Waals surface area contributed by atoms with Crippen molar-refractivity contribution in [1.29, 1.82) is 0 Å². The second kappa shape index (κ2) is 9.52. The first-order valence-electron chi connectivity index (χ1n) is 8.91. The van der Waals surface area contributed by atoms with Gasteiger partial charge in [-0.05, 0) is 30.2 Å². The Hall–Kier alpha value is -3.15. The van der Waals surface area contributed by atoms with E-state index in [9.17, 15) is 14.4 Å². The monoisotopic (exact) mass is 367 g/mol. The maximum Gasteiger partial charge on any atom is 0.226 e. The Morgan fingerprint density at radius 3 is 2.30 bits per heavy atom. The summed E-state index contributed by atoms with van der Waals surface area (Å²) in [6.45, 7) is 5.08. The molecule has 0 aliphatic rings. The van der Waals surface area contributed by atoms with Crippen molar-refractivity contribution in [3.63, 3.8) is 0 Å². The summed E-state index contributed by atoms with van der Waals surface area (Å²) >= 11 is 0. The maximum absolute atomic E-state index is 12.6. The van der Waals surface area contributed by atoms with Gasteiger partial charge in [-0.2, -0.15) is 0 Å². The van der Waals surface area contributed by atoms with Crippen molar-refractivity contribution in [3.8, 4) is 0 Å². The standard InChI is InChI=1S/C21H25N3O3/c1-4-20(26)23-17-11-10-14(2)18(12-17)24-21(27)13-19(22-15(3)25)16-8-6-5-7-9-16/h5-12,19H,4,13H2,1-3H3,(H,22,25)(H,23,26)(H,24,27). The largest absolute Gasteiger partial charge is 0.349 e. The minimum atomic E-state index is -0.410. The molecule has 1 atom stereocenters. The lowest BCUT2D eigenvalue weighted by Gasteiger charge is -2.19. The number of rotatable bonds is 7. The minimum absolute atomic E-state index is 0.0917. The molecule has 0 saturated heterocycles. The van der Waals surface area contributed by atoms with Crippen LogP contribution in [0, 0.1) is 6.92 Å². The highest BCUT2D eigenvalue weighted by atomic mass is 16.2. The molecule has 6 nitrogen and oxygen atoms in total. The van der Waals surface area contributed by atoms with Crippen LogP contribution >= 0.6 is 0 Å². The van der Waals surface area contributed by atoms with E-state index >= 15 is 0 Å². The van der Waals surface area contributed by atoms with Gasteiger partial charge in [-0.1, -0.05) is 43.3 Å². The van der Waals surface area contributed by atoms with Gasteiger partial charge in [-0.3, -0.25) is 14.4 Å². The number of carbonyl (C=O) groups is 3. The van der Waals surface area contributed by atoms with Crippen molar-refractivity contribution in [3.05, 3.63) is 59.7 Å². The van der Waals surface area contributed by atoms with Crippen molar-refractivity contribution in [2.75, 3.05) is 10.6 Å². The Bertz CT molecular complexity index is 819. The van der Waals surface area contributed by atoms with Gasteiger partial charge in [0.2, 0.25) is 17.7 Å². The van der Waals surface area contributed by atoms with Crippen molar-refractivity contribution < 1.29 is 14.4 Å². The van der Waals surface area contributed by atoms with Gasteiger partial charge in [-0.15, -0.1) is 0 Å². The molecule has 2 rings (SSSR count). The summed E-state index contributed by atoms with van der Waals surface area (Å²) in [5, 5.41) is 8.47. The van der Waals surface area contributed by atoms with Crippen LogP contribution < -0.4 is 16.0 Å². The Kier molecular flexibility index (Phi) is 7.11. The normalized spacial score (nSPS) is 11.4. The third-order valence-corrected chi connectivity index (χ3v) is 4.09. The molecular formula is C21H25N3O3. The Morgan fingerprint density at radius 2 is 1.67 bits per heavy atom. The summed E-state index contributed by atoms with van der Waals surface area (Å²) in [7, 11) is 0. The number of hydrogen-bond acceptors (Lipinski definition) is 3. The van der Waals surface area contributed by atoms with Crippen molar-refractivity contribution in [2.24, 2.45) is 0 Å². The van der Waals surface area contributed by atoms with Gasteiger partial charge in [0.15, 0.2) is 0 Å². The van der Waals surface area contributed by atoms with Crippen LogP contribution in [0.4, 0.5) is 11.4 Å². The first kappa shape index (κ1) is 20.2. The zero-order chi connectivity index (χ0) is 19.8. The highest BCUT2D eigenvalue weighted by molar-refractivity contribution is 5.95. The molecule has 2 aromatic rings. The summed E-state index contributed by atoms with van der Waals surface area (Å²) in [5.41, 5.74) is 3.00. The van der Waals surface area contributed by atoms with E-state index in [4.69, 9.17) is 0 Å². The molecule has 0 fully saturated rings. The molecule has 0 aromatic heterocycles. The molecule has 27 heavy (non-hydrogen) atoms. The van der Waals surface area contributed by atoms with Crippen LogP contribution in [-0.4, -0.2) is 17.7 Å². The van der Waals surface area contributed by atoms with Gasteiger partial charge >= 0.3 is 0 Å². The SMILES string of the molecule is CCC(=O)Nc1ccc(C)c(NC(=O)CC(NC(C)=O)c2ccccc2)c1. The molecular weight excluding hydrogens is 342 g/mol. The summed E-state index contributed by atoms with van der Waals surface area (Å²) in [6.07, 6.45) is 0.486. The van der Waals surface area contributed by atoms with E-state index in [-0.39, 0.29) is 24.1 Å². The summed E-state index contributed by atoms with van der Waals surface area (Å²) in [6, 6.07) is 14.3. The first-order chi connectivity index (χ1) is 12.9. The van der Waals surface area contributed by atoms with E-state index < -0.39 is 6.04 Å². The van der Waals surface area contributed by atoms with Crippen LogP contribution in [0.25, 0.3) is 0 Å². The first-order valence-corrected chi connectivity index (χ1v) is 8.91. The molecule has 0 heterocycles. The number of carbonyl (C=O) groups excluding carboxylic acids is 3. The van der Waals surface area contributed by atoms with Gasteiger partial charge in [0.25, 0.3) is 0 Å². The van der Waals surface area contributed by atoms with Crippen LogP contribution in [-0.2, 0) is 14.4 Å². The molecule has 142 valence electrons. The van der Waals surface area contributed by atoms with Gasteiger partial charge in [-0.25, -0.2) is 0 Å². The molecule has 0 aliphatic heterocycles. The fourth-order valence-corrected chi connectivity index (χ4v) is 2.65. The van der Waals surface area contributed by atoms with Crippen molar-refractivity contribution >= 4 is 29.1 Å². The van der Waals surface area contributed by atoms with Crippen LogP contribution in [0.2, 0.25) is 0 Å². The van der Waals surface area contributed by atoms with Gasteiger partial charge in [0, 0.05) is 24.7 Å². The van der Waals surface area contributed by atoms with E-state index in [2.05, 4.69) is 16.0 Å². The number of nitrogens with one attached hydrogen (secondary N) is 3. The molecule has 1 unspecified atom stereocenters. The maximum atomic E-state index is 12.6. The predicted molar refractivity (Wildman–Crippen MR) is 106 cm³/mol. The molecule has 0 aliphatic carbocycles. The lowest BCUT2D eigenvalue weighted by Crippen LogP contribution is -2.29. The van der Waals surface area contributed by atoms with Crippen molar-refractivity contribution in [1.82, 2.24) is 5.32 Å². The van der Waals surface area contributed by atoms with E-state index in [0.29, 0.717) is 17.8 Å². The van der Waals surface area contributed by atoms with Gasteiger partial charge < -0.3 is 16.0 Å². The third-order valence-electron chi connectivity index (χ3n) is 4.09. The lowest BCUT2D eigenvalue weighted by molar-refractivity contribution is -0.120. The van der Waals surface area contributed by atoms with Crippen molar-refractivity contribution in [2.45, 2.75) is 39.7 Å². The number of benzene rings is 2. The zero-order valence-electron chi connectivity index (χ0n) is 15.8. The second-order valence-corrected chi connectivity index (χ2v) is 6.35. The molecule has 0 spiro atoms. The molecule has 0 bridgehead atoms. The zero-order valence-corrected chi connectivity index (χ0v) is 15.8. The summed E-state index contributed by atoms with van der Waals surface area (Å²) < 4.78 is 0. The fraction of sp³-hybridized carbons (Fsp3) is 0.286. The molecule has 6 heteroatoms. The lowest BCUT2D eigenvalue weighted by atomic mass is 10.0. The third kappa shape index (κ3) is 6.26. The Balaban J connectivity index is 2.12. The van der Waals surface area contributed by atoms with Crippen LogP contribution in [0.1, 0.15) is 43.9 Å². The predicted octanol–water partition coefficient (Wildman–Crippen LogP) is 3.55. The minimum Gasteiger partial charge on any atom is -0.349 e. The smallest absolute Gasteiger partial charge is 0.226 e. The molecule has 2 aromatic carbocycles. The molecule has 3 amide bonds. The number of anilines is 2. The topological polar surface area (TPSA) is 87.3 Å². The Labute approximate surface area is 159 Å². The van der Waals surface area contributed by atoms with E-state index in [0.717, 1.165) is 11.1 Å². The van der Waals surface area contributed by atoms with E-state index in [1.54, 1.807) is 19.1 Å². The van der Waals surface area contributed by atoms with E-state index in [1.165, 1.54) is 6.92 Å². The van der Waals surface area contributed by atoms with Gasteiger partial charge in [0.1, 0.15) is 0 Å². The number of aryl methyl sites for hydroxylation is 1. The average Bonchev–Trinajstić information content (AvgIpc) is 2.64. The van der Waals surface area contributed by atoms with Gasteiger partial charge in [0.05, 0.1) is 12.5 Å². The highest BCUT2D eigenvalue weighted by Gasteiger charge is 2.17. The summed E-state index contributed by atoms with van der Waals surface area (Å²) in [5.74, 6) is -0.511. The quantitative estimate of drug-likeness (QED) is 0.699. The molecule has 3 N–H and O–H groups in total. The highest BCUT2D eigenvalue weighted by Crippen LogP contribution is 2.22.